The number of halogens is 1. The van der Waals surface area contributed by atoms with Crippen molar-refractivity contribution in [2.75, 3.05) is 5.33 Å². The number of nitrogens with one attached hydrogen (secondary N) is 1. The number of alkyl halides is 1. The van der Waals surface area contributed by atoms with Crippen LogP contribution in [0.25, 0.3) is 0 Å². The zero-order valence-corrected chi connectivity index (χ0v) is 13.2. The highest BCUT2D eigenvalue weighted by Gasteiger charge is 2.34. The molecule has 1 aromatic heterocycles. The Kier molecular flexibility index (Phi) is 4.61. The first-order chi connectivity index (χ1) is 9.06. The molecule has 3 nitrogen and oxygen atoms in total. The number of aryl methyl sites for hydroxylation is 1. The van der Waals surface area contributed by atoms with Crippen LogP contribution in [0.4, 0.5) is 0 Å². The first-order valence-electron chi connectivity index (χ1n) is 6.85. The molecule has 1 saturated carbocycles. The molecule has 0 spiro atoms. The van der Waals surface area contributed by atoms with Gasteiger partial charge in [0, 0.05) is 23.3 Å². The zero-order chi connectivity index (χ0) is 13.9. The Morgan fingerprint density at radius 3 is 2.79 bits per heavy atom. The summed E-state index contributed by atoms with van der Waals surface area (Å²) in [6.45, 7) is 4.21. The number of rotatable bonds is 3. The molecule has 4 heteroatoms. The second-order valence-corrected chi connectivity index (χ2v) is 6.30. The average molecular weight is 325 g/mol. The normalized spacial score (nSPS) is 27.0. The summed E-state index contributed by atoms with van der Waals surface area (Å²) in [5.41, 5.74) is 1.57. The van der Waals surface area contributed by atoms with Crippen molar-refractivity contribution in [3.05, 3.63) is 29.6 Å². The van der Waals surface area contributed by atoms with E-state index >= 15 is 0 Å². The van der Waals surface area contributed by atoms with E-state index in [9.17, 15) is 4.79 Å². The maximum Gasteiger partial charge on any atom is 0.252 e. The van der Waals surface area contributed by atoms with E-state index in [0.717, 1.165) is 35.2 Å². The van der Waals surface area contributed by atoms with Gasteiger partial charge in [-0.3, -0.25) is 9.78 Å². The fourth-order valence-electron chi connectivity index (χ4n) is 2.64. The highest BCUT2D eigenvalue weighted by atomic mass is 79.9. The number of hydrogen-bond acceptors (Lipinski definition) is 2. The molecule has 0 unspecified atom stereocenters. The quantitative estimate of drug-likeness (QED) is 0.865. The topological polar surface area (TPSA) is 42.0 Å². The summed E-state index contributed by atoms with van der Waals surface area (Å²) >= 11 is 3.58. The fraction of sp³-hybridized carbons (Fsp3) is 0.600. The average Bonchev–Trinajstić information content (AvgIpc) is 2.42. The van der Waals surface area contributed by atoms with E-state index in [2.05, 4.69) is 33.2 Å². The van der Waals surface area contributed by atoms with Gasteiger partial charge in [-0.2, -0.15) is 0 Å². The molecule has 19 heavy (non-hydrogen) atoms. The number of carbonyl (C=O) groups is 1. The van der Waals surface area contributed by atoms with Crippen molar-refractivity contribution < 1.29 is 4.79 Å². The monoisotopic (exact) mass is 324 g/mol. The van der Waals surface area contributed by atoms with E-state index in [1.807, 2.05) is 6.92 Å². The molecule has 1 aliphatic rings. The number of amides is 1. The minimum absolute atomic E-state index is 0.0221. The summed E-state index contributed by atoms with van der Waals surface area (Å²) in [6.07, 6.45) is 7.87. The van der Waals surface area contributed by atoms with Crippen LogP contribution in [-0.2, 0) is 0 Å². The molecule has 0 radical (unpaired) electrons. The van der Waals surface area contributed by atoms with Crippen molar-refractivity contribution in [2.45, 2.75) is 45.1 Å². The molecule has 0 saturated heterocycles. The Morgan fingerprint density at radius 2 is 2.21 bits per heavy atom. The van der Waals surface area contributed by atoms with Gasteiger partial charge in [0.15, 0.2) is 0 Å². The standard InChI is InChI=1S/C15H21BrN2O/c1-11-3-6-15(10-16,7-4-11)18-14(19)13-5-8-17-9-12(13)2/h5,8-9,11H,3-4,6-7,10H2,1-2H3,(H,18,19). The molecule has 0 aliphatic heterocycles. The highest BCUT2D eigenvalue weighted by Crippen LogP contribution is 2.33. The van der Waals surface area contributed by atoms with E-state index in [4.69, 9.17) is 0 Å². The molecule has 1 heterocycles. The molecular weight excluding hydrogens is 304 g/mol. The van der Waals surface area contributed by atoms with Crippen molar-refractivity contribution >= 4 is 21.8 Å². The molecule has 1 fully saturated rings. The van der Waals surface area contributed by atoms with Crippen LogP contribution in [0.2, 0.25) is 0 Å². The van der Waals surface area contributed by atoms with Crippen molar-refractivity contribution in [3.63, 3.8) is 0 Å². The second-order valence-electron chi connectivity index (χ2n) is 5.74. The molecule has 1 N–H and O–H groups in total. The van der Waals surface area contributed by atoms with Crippen LogP contribution < -0.4 is 5.32 Å². The number of carbonyl (C=O) groups excluding carboxylic acids is 1. The predicted octanol–water partition coefficient (Wildman–Crippen LogP) is 3.46. The van der Waals surface area contributed by atoms with E-state index in [1.54, 1.807) is 18.5 Å². The third-order valence-electron chi connectivity index (χ3n) is 4.13. The van der Waals surface area contributed by atoms with Crippen LogP contribution in [0.1, 0.15) is 48.5 Å². The van der Waals surface area contributed by atoms with Crippen LogP contribution in [0.5, 0.6) is 0 Å². The van der Waals surface area contributed by atoms with E-state index in [1.165, 1.54) is 12.8 Å². The Hall–Kier alpha value is -0.900. The van der Waals surface area contributed by atoms with Gasteiger partial charge in [-0.1, -0.05) is 22.9 Å². The number of nitrogens with zero attached hydrogens (tertiary/aromatic N) is 1. The third-order valence-corrected chi connectivity index (χ3v) is 5.20. The van der Waals surface area contributed by atoms with Gasteiger partial charge in [-0.15, -0.1) is 0 Å². The van der Waals surface area contributed by atoms with Gasteiger partial charge in [0.1, 0.15) is 0 Å². The lowest BCUT2D eigenvalue weighted by Gasteiger charge is -2.39. The first kappa shape index (κ1) is 14.5. The first-order valence-corrected chi connectivity index (χ1v) is 7.97. The van der Waals surface area contributed by atoms with Crippen LogP contribution in [0, 0.1) is 12.8 Å². The van der Waals surface area contributed by atoms with E-state index in [-0.39, 0.29) is 11.4 Å². The SMILES string of the molecule is Cc1cnccc1C(=O)NC1(CBr)CCC(C)CC1. The minimum atomic E-state index is -0.0840. The van der Waals surface area contributed by atoms with Crippen LogP contribution in [-0.4, -0.2) is 21.8 Å². The van der Waals surface area contributed by atoms with E-state index in [0.29, 0.717) is 0 Å². The number of hydrogen-bond donors (Lipinski definition) is 1. The van der Waals surface area contributed by atoms with Gasteiger partial charge < -0.3 is 5.32 Å². The molecule has 1 amide bonds. The Labute approximate surface area is 123 Å². The van der Waals surface area contributed by atoms with Crippen molar-refractivity contribution in [1.82, 2.24) is 10.3 Å². The maximum absolute atomic E-state index is 12.4. The molecule has 0 atom stereocenters. The number of pyridine rings is 1. The molecular formula is C15H21BrN2O. The summed E-state index contributed by atoms with van der Waals surface area (Å²) < 4.78 is 0. The van der Waals surface area contributed by atoms with Gasteiger partial charge >= 0.3 is 0 Å². The molecule has 0 bridgehead atoms. The second kappa shape index (κ2) is 6.04. The Bertz CT molecular complexity index is 453. The molecule has 1 aliphatic carbocycles. The summed E-state index contributed by atoms with van der Waals surface area (Å²) in [5.74, 6) is 0.792. The smallest absolute Gasteiger partial charge is 0.252 e. The lowest BCUT2D eigenvalue weighted by Crippen LogP contribution is -2.52. The van der Waals surface area contributed by atoms with Crippen LogP contribution in [0.3, 0.4) is 0 Å². The van der Waals surface area contributed by atoms with Gasteiger partial charge in [0.05, 0.1) is 5.54 Å². The summed E-state index contributed by atoms with van der Waals surface area (Å²) in [4.78, 5) is 16.5. The Balaban J connectivity index is 2.11. The molecule has 104 valence electrons. The summed E-state index contributed by atoms with van der Waals surface area (Å²) in [5, 5.41) is 4.07. The summed E-state index contributed by atoms with van der Waals surface area (Å²) in [7, 11) is 0. The molecule has 1 aromatic rings. The molecule has 0 aromatic carbocycles. The van der Waals surface area contributed by atoms with Gasteiger partial charge in [-0.25, -0.2) is 0 Å². The fourth-order valence-corrected chi connectivity index (χ4v) is 3.34. The molecule has 2 rings (SSSR count). The Morgan fingerprint density at radius 1 is 1.53 bits per heavy atom. The van der Waals surface area contributed by atoms with Crippen molar-refractivity contribution in [3.8, 4) is 0 Å². The minimum Gasteiger partial charge on any atom is -0.346 e. The van der Waals surface area contributed by atoms with Crippen molar-refractivity contribution in [1.29, 1.82) is 0 Å². The van der Waals surface area contributed by atoms with Crippen molar-refractivity contribution in [2.24, 2.45) is 5.92 Å². The number of aromatic nitrogens is 1. The largest absolute Gasteiger partial charge is 0.346 e. The van der Waals surface area contributed by atoms with Gasteiger partial charge in [-0.05, 0) is 50.2 Å². The lowest BCUT2D eigenvalue weighted by atomic mass is 9.78. The highest BCUT2D eigenvalue weighted by molar-refractivity contribution is 9.09. The van der Waals surface area contributed by atoms with Crippen LogP contribution >= 0.6 is 15.9 Å². The lowest BCUT2D eigenvalue weighted by molar-refractivity contribution is 0.0873. The zero-order valence-electron chi connectivity index (χ0n) is 11.6. The predicted molar refractivity (Wildman–Crippen MR) is 80.6 cm³/mol. The van der Waals surface area contributed by atoms with Gasteiger partial charge in [0.2, 0.25) is 0 Å². The van der Waals surface area contributed by atoms with E-state index < -0.39 is 0 Å². The van der Waals surface area contributed by atoms with Crippen LogP contribution in [0.15, 0.2) is 18.5 Å². The van der Waals surface area contributed by atoms with Gasteiger partial charge in [0.25, 0.3) is 5.91 Å². The summed E-state index contributed by atoms with van der Waals surface area (Å²) in [6, 6.07) is 1.79. The maximum atomic E-state index is 12.4. The third kappa shape index (κ3) is 3.35.